The van der Waals surface area contributed by atoms with Crippen LogP contribution < -0.4 is 0 Å². The lowest BCUT2D eigenvalue weighted by Gasteiger charge is -2.43. The average Bonchev–Trinajstić information content (AvgIpc) is 2.67. The second-order valence-electron chi connectivity index (χ2n) is 6.22. The van der Waals surface area contributed by atoms with Crippen molar-refractivity contribution in [1.82, 2.24) is 4.98 Å². The fourth-order valence-corrected chi connectivity index (χ4v) is 3.84. The Bertz CT molecular complexity index is 908. The van der Waals surface area contributed by atoms with E-state index in [0.717, 1.165) is 7.11 Å². The second kappa shape index (κ2) is 11.4. The van der Waals surface area contributed by atoms with Gasteiger partial charge < -0.3 is 18.9 Å². The molecule has 13 nitrogen and oxygen atoms in total. The maximum absolute atomic E-state index is 11.4. The van der Waals surface area contributed by atoms with E-state index in [1.165, 1.54) is 6.08 Å². The zero-order chi connectivity index (χ0) is 23.1. The maximum Gasteiger partial charge on any atom is 0.397 e. The summed E-state index contributed by atoms with van der Waals surface area (Å²) in [7, 11) is -8.92. The monoisotopic (exact) mass is 485 g/mol. The molecule has 1 saturated heterocycles. The standard InChI is InChI=1S/C16H23NO12S2/c1-3-7-26-14-13(28-30(18,19)20)12(10-25-9-11-5-4-6-17-8-11)27-16(24-2)15(14)29-31(21,22)23/h3-6,8,12-16H,1,7,9-10H2,2H3,(H,18,19,20)(H,21,22,23)/t12-,13-,14+,15+,16+/m1/s1. The number of rotatable bonds is 12. The SMILES string of the molecule is C=CCO[C@@H]1[C@H](OS(=O)(=O)O)[C@@H](OC)O[C@H](COCc2cccnc2)[C@H]1OS(=O)(=O)O. The van der Waals surface area contributed by atoms with Gasteiger partial charge in [0, 0.05) is 19.5 Å². The molecule has 1 aromatic rings. The molecule has 15 heteroatoms. The van der Waals surface area contributed by atoms with Gasteiger partial charge in [0.2, 0.25) is 0 Å². The van der Waals surface area contributed by atoms with E-state index in [0.29, 0.717) is 5.56 Å². The molecule has 0 amide bonds. The highest BCUT2D eigenvalue weighted by atomic mass is 32.3. The number of hydrogen-bond acceptors (Lipinski definition) is 11. The van der Waals surface area contributed by atoms with Crippen LogP contribution in [0.3, 0.4) is 0 Å². The van der Waals surface area contributed by atoms with Gasteiger partial charge in [0.05, 0.1) is 19.8 Å². The Kier molecular flexibility index (Phi) is 9.44. The first-order valence-corrected chi connectivity index (χ1v) is 11.5. The van der Waals surface area contributed by atoms with E-state index in [4.69, 9.17) is 23.5 Å². The highest BCUT2D eigenvalue weighted by molar-refractivity contribution is 7.81. The molecule has 2 rings (SSSR count). The van der Waals surface area contributed by atoms with Crippen LogP contribution in [0, 0.1) is 0 Å². The van der Waals surface area contributed by atoms with E-state index >= 15 is 0 Å². The van der Waals surface area contributed by atoms with Gasteiger partial charge in [-0.1, -0.05) is 12.1 Å². The van der Waals surface area contributed by atoms with Gasteiger partial charge in [-0.3, -0.25) is 14.1 Å². The fraction of sp³-hybridized carbons (Fsp3) is 0.562. The Morgan fingerprint density at radius 3 is 2.39 bits per heavy atom. The van der Waals surface area contributed by atoms with Crippen molar-refractivity contribution >= 4 is 20.8 Å². The van der Waals surface area contributed by atoms with Crippen LogP contribution in [0.1, 0.15) is 5.56 Å². The third-order valence-electron chi connectivity index (χ3n) is 3.97. The molecular formula is C16H23NO12S2. The van der Waals surface area contributed by atoms with Crippen LogP contribution in [-0.2, 0) is 54.7 Å². The molecule has 1 fully saturated rings. The summed E-state index contributed by atoms with van der Waals surface area (Å²) in [4.78, 5) is 3.93. The van der Waals surface area contributed by atoms with Gasteiger partial charge in [-0.2, -0.15) is 16.8 Å². The molecule has 0 bridgehead atoms. The maximum atomic E-state index is 11.4. The van der Waals surface area contributed by atoms with Crippen molar-refractivity contribution < 1.29 is 53.3 Å². The molecule has 31 heavy (non-hydrogen) atoms. The Hall–Kier alpha value is -1.53. The van der Waals surface area contributed by atoms with Crippen LogP contribution >= 0.6 is 0 Å². The van der Waals surface area contributed by atoms with Crippen LogP contribution in [-0.4, -0.2) is 82.0 Å². The van der Waals surface area contributed by atoms with Gasteiger partial charge in [-0.15, -0.1) is 6.58 Å². The van der Waals surface area contributed by atoms with Crippen LogP contribution in [0.25, 0.3) is 0 Å². The summed E-state index contributed by atoms with van der Waals surface area (Å²) >= 11 is 0. The third-order valence-corrected chi connectivity index (χ3v) is 4.90. The molecule has 0 aliphatic carbocycles. The van der Waals surface area contributed by atoms with Crippen LogP contribution in [0.15, 0.2) is 37.2 Å². The molecule has 5 atom stereocenters. The predicted octanol–water partition coefficient (Wildman–Crippen LogP) is -0.0833. The minimum Gasteiger partial charge on any atom is -0.374 e. The molecule has 1 aliphatic heterocycles. The van der Waals surface area contributed by atoms with Gasteiger partial charge in [0.15, 0.2) is 12.4 Å². The van der Waals surface area contributed by atoms with E-state index < -0.39 is 51.5 Å². The van der Waals surface area contributed by atoms with Crippen molar-refractivity contribution in [2.45, 2.75) is 37.3 Å². The highest BCUT2D eigenvalue weighted by Gasteiger charge is 2.51. The lowest BCUT2D eigenvalue weighted by atomic mass is 9.99. The summed E-state index contributed by atoms with van der Waals surface area (Å²) in [6.45, 7) is 3.06. The molecule has 0 saturated carbocycles. The molecule has 2 heterocycles. The molecule has 0 radical (unpaired) electrons. The summed E-state index contributed by atoms with van der Waals surface area (Å²) in [6, 6.07) is 3.43. The molecule has 1 aliphatic rings. The summed E-state index contributed by atoms with van der Waals surface area (Å²) in [5.41, 5.74) is 0.709. The van der Waals surface area contributed by atoms with Crippen molar-refractivity contribution in [1.29, 1.82) is 0 Å². The summed E-state index contributed by atoms with van der Waals surface area (Å²) in [5.74, 6) is 0. The topological polar surface area (TPSA) is 177 Å². The lowest BCUT2D eigenvalue weighted by molar-refractivity contribution is -0.292. The third kappa shape index (κ3) is 8.49. The predicted molar refractivity (Wildman–Crippen MR) is 102 cm³/mol. The van der Waals surface area contributed by atoms with Gasteiger partial charge in [-0.05, 0) is 11.6 Å². The van der Waals surface area contributed by atoms with E-state index in [1.807, 2.05) is 0 Å². The van der Waals surface area contributed by atoms with Crippen molar-refractivity contribution in [2.75, 3.05) is 20.3 Å². The molecule has 0 aromatic carbocycles. The molecule has 176 valence electrons. The number of aromatic nitrogens is 1. The molecule has 2 N–H and O–H groups in total. The first-order chi connectivity index (χ1) is 14.5. The zero-order valence-electron chi connectivity index (χ0n) is 16.3. The van der Waals surface area contributed by atoms with Crippen LogP contribution in [0.5, 0.6) is 0 Å². The Morgan fingerprint density at radius 2 is 1.84 bits per heavy atom. The van der Waals surface area contributed by atoms with Gasteiger partial charge in [-0.25, -0.2) is 8.37 Å². The smallest absolute Gasteiger partial charge is 0.374 e. The Morgan fingerprint density at radius 1 is 1.16 bits per heavy atom. The van der Waals surface area contributed by atoms with E-state index in [1.54, 1.807) is 24.5 Å². The highest BCUT2D eigenvalue weighted by Crippen LogP contribution is 2.30. The minimum atomic E-state index is -5.04. The fourth-order valence-electron chi connectivity index (χ4n) is 2.85. The second-order valence-corrected chi connectivity index (χ2v) is 8.31. The number of methoxy groups -OCH3 is 1. The number of pyridine rings is 1. The quantitative estimate of drug-likeness (QED) is 0.297. The molecular weight excluding hydrogens is 462 g/mol. The first kappa shape index (κ1) is 25.7. The van der Waals surface area contributed by atoms with Crippen molar-refractivity contribution in [3.8, 4) is 0 Å². The van der Waals surface area contributed by atoms with Gasteiger partial charge in [0.1, 0.15) is 18.3 Å². The van der Waals surface area contributed by atoms with Crippen molar-refractivity contribution in [2.24, 2.45) is 0 Å². The largest absolute Gasteiger partial charge is 0.397 e. The Labute approximate surface area is 179 Å². The van der Waals surface area contributed by atoms with E-state index in [9.17, 15) is 21.4 Å². The molecule has 0 spiro atoms. The number of ether oxygens (including phenoxy) is 4. The van der Waals surface area contributed by atoms with E-state index in [2.05, 4.69) is 19.9 Å². The summed E-state index contributed by atoms with van der Waals surface area (Å²) < 4.78 is 94.5. The molecule has 1 aromatic heterocycles. The lowest BCUT2D eigenvalue weighted by Crippen LogP contribution is -2.62. The van der Waals surface area contributed by atoms with Crippen molar-refractivity contribution in [3.63, 3.8) is 0 Å². The zero-order valence-corrected chi connectivity index (χ0v) is 18.0. The number of hydrogen-bond donors (Lipinski definition) is 2. The van der Waals surface area contributed by atoms with Crippen molar-refractivity contribution in [3.05, 3.63) is 42.7 Å². The first-order valence-electron chi connectivity index (χ1n) is 8.73. The Balaban J connectivity index is 2.29. The van der Waals surface area contributed by atoms with Crippen LogP contribution in [0.2, 0.25) is 0 Å². The van der Waals surface area contributed by atoms with E-state index in [-0.39, 0.29) is 19.8 Å². The van der Waals surface area contributed by atoms with Gasteiger partial charge in [0.25, 0.3) is 0 Å². The summed E-state index contributed by atoms with van der Waals surface area (Å²) in [6.07, 6.45) is -3.08. The summed E-state index contributed by atoms with van der Waals surface area (Å²) in [5, 5.41) is 0. The molecule has 0 unspecified atom stereocenters. The number of nitrogens with zero attached hydrogens (tertiary/aromatic N) is 1. The average molecular weight is 485 g/mol. The van der Waals surface area contributed by atoms with Crippen LogP contribution in [0.4, 0.5) is 0 Å². The minimum absolute atomic E-state index is 0.0765. The normalized spacial score (nSPS) is 27.1. The van der Waals surface area contributed by atoms with Gasteiger partial charge >= 0.3 is 20.8 Å².